The lowest BCUT2D eigenvalue weighted by atomic mass is 10.1. The molecular formula is C12H17BrO3. The first-order valence-electron chi connectivity index (χ1n) is 5.04. The summed E-state index contributed by atoms with van der Waals surface area (Å²) in [4.78, 5) is 11.3. The average Bonchev–Trinajstić information content (AvgIpc) is 2.39. The monoisotopic (exact) mass is 288 g/mol. The number of esters is 1. The zero-order valence-corrected chi connectivity index (χ0v) is 11.6. The van der Waals surface area contributed by atoms with Crippen LogP contribution in [0.25, 0.3) is 0 Å². The first-order chi connectivity index (χ1) is 7.72. The van der Waals surface area contributed by atoms with Gasteiger partial charge >= 0.3 is 5.97 Å². The second kappa shape index (κ2) is 8.16. The third-order valence-electron chi connectivity index (χ3n) is 1.83. The minimum atomic E-state index is -0.386. The van der Waals surface area contributed by atoms with Gasteiger partial charge in [0.25, 0.3) is 0 Å². The molecule has 0 spiro atoms. The SMILES string of the molecule is CC.COC(=O)c1ccc(CBr)cc1OC. The first-order valence-corrected chi connectivity index (χ1v) is 6.16. The normalized spacial score (nSPS) is 8.81. The highest BCUT2D eigenvalue weighted by Gasteiger charge is 2.12. The van der Waals surface area contributed by atoms with Gasteiger partial charge in [0.1, 0.15) is 11.3 Å². The molecule has 1 rings (SSSR count). The summed E-state index contributed by atoms with van der Waals surface area (Å²) >= 11 is 3.33. The molecule has 0 amide bonds. The predicted molar refractivity (Wildman–Crippen MR) is 68.3 cm³/mol. The lowest BCUT2D eigenvalue weighted by molar-refractivity contribution is 0.0597. The van der Waals surface area contributed by atoms with Crippen molar-refractivity contribution >= 4 is 21.9 Å². The Bertz CT molecular complexity index is 337. The molecule has 0 radical (unpaired) electrons. The molecule has 0 saturated carbocycles. The summed E-state index contributed by atoms with van der Waals surface area (Å²) in [5.74, 6) is 0.150. The van der Waals surface area contributed by atoms with Crippen LogP contribution in [-0.2, 0) is 10.1 Å². The lowest BCUT2D eigenvalue weighted by Crippen LogP contribution is -2.04. The summed E-state index contributed by atoms with van der Waals surface area (Å²) < 4.78 is 9.71. The number of hydrogen-bond acceptors (Lipinski definition) is 3. The Kier molecular flexibility index (Phi) is 7.64. The number of methoxy groups -OCH3 is 2. The molecule has 1 aromatic rings. The molecule has 0 atom stereocenters. The zero-order chi connectivity index (χ0) is 12.6. The number of ether oxygens (including phenoxy) is 2. The van der Waals surface area contributed by atoms with Crippen molar-refractivity contribution in [2.24, 2.45) is 0 Å². The van der Waals surface area contributed by atoms with Crippen molar-refractivity contribution < 1.29 is 14.3 Å². The van der Waals surface area contributed by atoms with E-state index in [1.807, 2.05) is 19.9 Å². The molecule has 1 aromatic carbocycles. The first kappa shape index (κ1) is 15.0. The highest BCUT2D eigenvalue weighted by atomic mass is 79.9. The van der Waals surface area contributed by atoms with E-state index in [1.165, 1.54) is 14.2 Å². The number of halogens is 1. The largest absolute Gasteiger partial charge is 0.496 e. The second-order valence-electron chi connectivity index (χ2n) is 2.66. The van der Waals surface area contributed by atoms with Crippen LogP contribution >= 0.6 is 15.9 Å². The fourth-order valence-corrected chi connectivity index (χ4v) is 1.45. The van der Waals surface area contributed by atoms with Crippen LogP contribution < -0.4 is 4.74 Å². The number of benzene rings is 1. The second-order valence-corrected chi connectivity index (χ2v) is 3.22. The number of rotatable bonds is 3. The van der Waals surface area contributed by atoms with Gasteiger partial charge in [-0.3, -0.25) is 0 Å². The van der Waals surface area contributed by atoms with Gasteiger partial charge < -0.3 is 9.47 Å². The highest BCUT2D eigenvalue weighted by Crippen LogP contribution is 2.22. The fourth-order valence-electron chi connectivity index (χ4n) is 1.10. The van der Waals surface area contributed by atoms with Crippen LogP contribution in [0.3, 0.4) is 0 Å². The van der Waals surface area contributed by atoms with E-state index in [4.69, 9.17) is 4.74 Å². The molecule has 0 aliphatic heterocycles. The zero-order valence-electron chi connectivity index (χ0n) is 10.0. The maximum Gasteiger partial charge on any atom is 0.341 e. The van der Waals surface area contributed by atoms with E-state index in [1.54, 1.807) is 12.1 Å². The standard InChI is InChI=1S/C10H11BrO3.C2H6/c1-13-9-5-7(6-11)3-4-8(9)10(12)14-2;1-2/h3-5H,6H2,1-2H3;1-2H3. The van der Waals surface area contributed by atoms with Crippen LogP contribution in [0.1, 0.15) is 29.8 Å². The Balaban J connectivity index is 0.00000106. The molecule has 3 nitrogen and oxygen atoms in total. The third-order valence-corrected chi connectivity index (χ3v) is 2.47. The number of carbonyl (C=O) groups excluding carboxylic acids is 1. The molecule has 0 saturated heterocycles. The summed E-state index contributed by atoms with van der Waals surface area (Å²) in [7, 11) is 2.87. The van der Waals surface area contributed by atoms with Crippen LogP contribution in [0.15, 0.2) is 18.2 Å². The molecule has 16 heavy (non-hydrogen) atoms. The van der Waals surface area contributed by atoms with E-state index in [2.05, 4.69) is 20.7 Å². The van der Waals surface area contributed by atoms with Crippen LogP contribution in [0.5, 0.6) is 5.75 Å². The van der Waals surface area contributed by atoms with Gasteiger partial charge in [0, 0.05) is 5.33 Å². The molecule has 0 aromatic heterocycles. The van der Waals surface area contributed by atoms with Crippen molar-refractivity contribution in [3.05, 3.63) is 29.3 Å². The van der Waals surface area contributed by atoms with Crippen molar-refractivity contribution in [1.29, 1.82) is 0 Å². The van der Waals surface area contributed by atoms with Gasteiger partial charge in [0.2, 0.25) is 0 Å². The quantitative estimate of drug-likeness (QED) is 0.632. The topological polar surface area (TPSA) is 35.5 Å². The summed E-state index contributed by atoms with van der Waals surface area (Å²) in [6.07, 6.45) is 0. The maximum absolute atomic E-state index is 11.3. The van der Waals surface area contributed by atoms with E-state index in [0.717, 1.165) is 10.9 Å². The van der Waals surface area contributed by atoms with Crippen molar-refractivity contribution in [3.63, 3.8) is 0 Å². The highest BCUT2D eigenvalue weighted by molar-refractivity contribution is 9.08. The summed E-state index contributed by atoms with van der Waals surface area (Å²) in [6.45, 7) is 4.00. The molecular weight excluding hydrogens is 272 g/mol. The van der Waals surface area contributed by atoms with Gasteiger partial charge in [-0.1, -0.05) is 35.8 Å². The van der Waals surface area contributed by atoms with Crippen LogP contribution in [0, 0.1) is 0 Å². The van der Waals surface area contributed by atoms with E-state index in [9.17, 15) is 4.79 Å². The van der Waals surface area contributed by atoms with Crippen molar-refractivity contribution in [3.8, 4) is 5.75 Å². The van der Waals surface area contributed by atoms with Crippen molar-refractivity contribution in [1.82, 2.24) is 0 Å². The Morgan fingerprint density at radius 3 is 2.38 bits per heavy atom. The minimum Gasteiger partial charge on any atom is -0.496 e. The molecule has 4 heteroatoms. The molecule has 0 aliphatic rings. The van der Waals surface area contributed by atoms with E-state index >= 15 is 0 Å². The van der Waals surface area contributed by atoms with Crippen LogP contribution in [-0.4, -0.2) is 20.2 Å². The van der Waals surface area contributed by atoms with Gasteiger partial charge in [-0.05, 0) is 17.7 Å². The van der Waals surface area contributed by atoms with E-state index < -0.39 is 0 Å². The molecule has 0 bridgehead atoms. The molecule has 0 aliphatic carbocycles. The van der Waals surface area contributed by atoms with Gasteiger partial charge in [-0.25, -0.2) is 4.79 Å². The predicted octanol–water partition coefficient (Wildman–Crippen LogP) is 3.40. The minimum absolute atomic E-state index is 0.386. The summed E-state index contributed by atoms with van der Waals surface area (Å²) in [5.41, 5.74) is 1.49. The van der Waals surface area contributed by atoms with Crippen molar-refractivity contribution in [2.45, 2.75) is 19.2 Å². The molecule has 0 unspecified atom stereocenters. The molecule has 0 heterocycles. The van der Waals surface area contributed by atoms with E-state index in [-0.39, 0.29) is 5.97 Å². The van der Waals surface area contributed by atoms with Gasteiger partial charge in [0.05, 0.1) is 14.2 Å². The summed E-state index contributed by atoms with van der Waals surface area (Å²) in [5, 5.41) is 0.727. The fraction of sp³-hybridized carbons (Fsp3) is 0.417. The Hall–Kier alpha value is -1.03. The van der Waals surface area contributed by atoms with Gasteiger partial charge in [-0.2, -0.15) is 0 Å². The Labute approximate surface area is 105 Å². The van der Waals surface area contributed by atoms with Crippen LogP contribution in [0.2, 0.25) is 0 Å². The van der Waals surface area contributed by atoms with Crippen LogP contribution in [0.4, 0.5) is 0 Å². The Morgan fingerprint density at radius 1 is 1.31 bits per heavy atom. The Morgan fingerprint density at radius 2 is 1.94 bits per heavy atom. The molecule has 0 N–H and O–H groups in total. The smallest absolute Gasteiger partial charge is 0.341 e. The van der Waals surface area contributed by atoms with Crippen molar-refractivity contribution in [2.75, 3.05) is 14.2 Å². The number of hydrogen-bond donors (Lipinski definition) is 0. The maximum atomic E-state index is 11.3. The number of carbonyl (C=O) groups is 1. The van der Waals surface area contributed by atoms with Gasteiger partial charge in [0.15, 0.2) is 0 Å². The van der Waals surface area contributed by atoms with E-state index in [0.29, 0.717) is 11.3 Å². The third kappa shape index (κ3) is 3.85. The van der Waals surface area contributed by atoms with Gasteiger partial charge in [-0.15, -0.1) is 0 Å². The average molecular weight is 289 g/mol. The number of alkyl halides is 1. The molecule has 0 fully saturated rings. The lowest BCUT2D eigenvalue weighted by Gasteiger charge is -2.07. The summed E-state index contributed by atoms with van der Waals surface area (Å²) in [6, 6.07) is 5.35. The molecule has 90 valence electrons.